The van der Waals surface area contributed by atoms with E-state index in [0.717, 1.165) is 32.5 Å². The van der Waals surface area contributed by atoms with Crippen molar-refractivity contribution < 1.29 is 9.53 Å². The Hall–Kier alpha value is -1.39. The minimum Gasteiger partial charge on any atom is -0.378 e. The van der Waals surface area contributed by atoms with Gasteiger partial charge in [-0.2, -0.15) is 0 Å². The summed E-state index contributed by atoms with van der Waals surface area (Å²) in [6.45, 7) is 3.71. The van der Waals surface area contributed by atoms with Gasteiger partial charge in [0.05, 0.1) is 13.2 Å². The van der Waals surface area contributed by atoms with Crippen LogP contribution in [0.1, 0.15) is 24.0 Å². The van der Waals surface area contributed by atoms with Crippen LogP contribution < -0.4 is 0 Å². The minimum absolute atomic E-state index is 0.270. The average Bonchev–Trinajstić information content (AvgIpc) is 2.59. The number of likely N-dealkylation sites (N-methyl/N-ethyl adjacent to an activating group) is 1. The van der Waals surface area contributed by atoms with Crippen LogP contribution in [-0.2, 0) is 22.4 Å². The zero-order chi connectivity index (χ0) is 15.4. The Morgan fingerprint density at radius 1 is 1.27 bits per heavy atom. The summed E-state index contributed by atoms with van der Waals surface area (Å²) < 4.78 is 5.30. The van der Waals surface area contributed by atoms with Gasteiger partial charge in [0.2, 0.25) is 5.91 Å². The van der Waals surface area contributed by atoms with Crippen molar-refractivity contribution in [3.05, 3.63) is 35.4 Å². The van der Waals surface area contributed by atoms with Crippen LogP contribution in [0.15, 0.2) is 24.3 Å². The van der Waals surface area contributed by atoms with Gasteiger partial charge in [0.1, 0.15) is 0 Å². The smallest absolute Gasteiger partial charge is 0.224 e. The van der Waals surface area contributed by atoms with Gasteiger partial charge in [-0.05, 0) is 37.4 Å². The van der Waals surface area contributed by atoms with Crippen LogP contribution in [-0.4, -0.2) is 61.6 Å². The number of aryl methyl sites for hydroxylation is 1. The number of fused-ring (bicyclic) bond motifs is 1. The largest absolute Gasteiger partial charge is 0.378 e. The Bertz CT molecular complexity index is 512. The van der Waals surface area contributed by atoms with E-state index >= 15 is 0 Å². The molecule has 1 saturated heterocycles. The van der Waals surface area contributed by atoms with Crippen LogP contribution >= 0.6 is 0 Å². The monoisotopic (exact) mass is 302 g/mol. The van der Waals surface area contributed by atoms with Crippen LogP contribution in [0.4, 0.5) is 0 Å². The Balaban J connectivity index is 1.48. The third-order valence-corrected chi connectivity index (χ3v) is 4.99. The average molecular weight is 302 g/mol. The molecule has 1 aromatic carbocycles. The molecule has 0 spiro atoms. The molecule has 1 unspecified atom stereocenters. The maximum Gasteiger partial charge on any atom is 0.224 e. The third-order valence-electron chi connectivity index (χ3n) is 4.99. The first-order chi connectivity index (χ1) is 10.7. The van der Waals surface area contributed by atoms with Crippen LogP contribution in [0.5, 0.6) is 0 Å². The summed E-state index contributed by atoms with van der Waals surface area (Å²) in [6.07, 6.45) is 4.08. The fourth-order valence-electron chi connectivity index (χ4n) is 3.48. The number of hydrogen-bond donors (Lipinski definition) is 0. The second-order valence-corrected chi connectivity index (χ2v) is 6.39. The molecule has 0 radical (unpaired) electrons. The highest BCUT2D eigenvalue weighted by molar-refractivity contribution is 5.76. The van der Waals surface area contributed by atoms with Crippen LogP contribution in [0.3, 0.4) is 0 Å². The molecule has 1 aliphatic carbocycles. The highest BCUT2D eigenvalue weighted by Gasteiger charge is 2.23. The summed E-state index contributed by atoms with van der Waals surface area (Å²) in [5.41, 5.74) is 2.97. The number of benzene rings is 1. The molecule has 1 aromatic rings. The molecule has 1 fully saturated rings. The highest BCUT2D eigenvalue weighted by atomic mass is 16.5. The van der Waals surface area contributed by atoms with Crippen molar-refractivity contribution in [1.82, 2.24) is 9.80 Å². The fraction of sp³-hybridized carbons (Fsp3) is 0.611. The molecule has 4 nitrogen and oxygen atoms in total. The van der Waals surface area contributed by atoms with E-state index in [0.29, 0.717) is 25.7 Å². The molecular formula is C18H26N2O2. The van der Waals surface area contributed by atoms with Crippen LogP contribution in [0, 0.1) is 0 Å². The molecule has 1 aliphatic heterocycles. The molecule has 0 aromatic heterocycles. The van der Waals surface area contributed by atoms with Crippen molar-refractivity contribution in [3.63, 3.8) is 0 Å². The fourth-order valence-corrected chi connectivity index (χ4v) is 3.48. The number of ether oxygens (including phenoxy) is 1. The van der Waals surface area contributed by atoms with Crippen molar-refractivity contribution in [1.29, 1.82) is 0 Å². The summed E-state index contributed by atoms with van der Waals surface area (Å²) in [5, 5.41) is 0. The summed E-state index contributed by atoms with van der Waals surface area (Å²) in [7, 11) is 2.16. The molecule has 22 heavy (non-hydrogen) atoms. The molecule has 0 saturated carbocycles. The Morgan fingerprint density at radius 2 is 2.00 bits per heavy atom. The molecular weight excluding hydrogens is 276 g/mol. The minimum atomic E-state index is 0.270. The molecule has 3 rings (SSSR count). The maximum absolute atomic E-state index is 12.2. The predicted octanol–water partition coefficient (Wildman–Crippen LogP) is 1.72. The number of morpholine rings is 1. The maximum atomic E-state index is 12.2. The lowest BCUT2D eigenvalue weighted by Crippen LogP contribution is -2.43. The van der Waals surface area contributed by atoms with Crippen molar-refractivity contribution in [2.24, 2.45) is 0 Å². The quantitative estimate of drug-likeness (QED) is 0.849. The molecule has 1 amide bonds. The first kappa shape index (κ1) is 15.5. The lowest BCUT2D eigenvalue weighted by atomic mass is 9.87. The SMILES string of the molecule is CN(CCC(=O)N1CCOCC1)C1CCc2ccccc2C1. The van der Waals surface area contributed by atoms with Crippen molar-refractivity contribution in [3.8, 4) is 0 Å². The van der Waals surface area contributed by atoms with E-state index in [-0.39, 0.29) is 5.91 Å². The normalized spacial score (nSPS) is 21.7. The second-order valence-electron chi connectivity index (χ2n) is 6.39. The van der Waals surface area contributed by atoms with E-state index in [1.54, 1.807) is 0 Å². The molecule has 4 heteroatoms. The van der Waals surface area contributed by atoms with Crippen LogP contribution in [0.2, 0.25) is 0 Å². The van der Waals surface area contributed by atoms with E-state index in [4.69, 9.17) is 4.74 Å². The number of carbonyl (C=O) groups is 1. The lowest BCUT2D eigenvalue weighted by molar-refractivity contribution is -0.135. The summed E-state index contributed by atoms with van der Waals surface area (Å²) in [5.74, 6) is 0.270. The summed E-state index contributed by atoms with van der Waals surface area (Å²) in [4.78, 5) is 16.5. The summed E-state index contributed by atoms with van der Waals surface area (Å²) in [6, 6.07) is 9.31. The molecule has 1 heterocycles. The summed E-state index contributed by atoms with van der Waals surface area (Å²) >= 11 is 0. The van der Waals surface area contributed by atoms with E-state index < -0.39 is 0 Å². The van der Waals surface area contributed by atoms with Gasteiger partial charge in [0.15, 0.2) is 0 Å². The van der Waals surface area contributed by atoms with Crippen molar-refractivity contribution in [2.45, 2.75) is 31.7 Å². The number of hydrogen-bond acceptors (Lipinski definition) is 3. The first-order valence-corrected chi connectivity index (χ1v) is 8.36. The Labute approximate surface area is 133 Å². The molecule has 0 N–H and O–H groups in total. The Morgan fingerprint density at radius 3 is 2.77 bits per heavy atom. The first-order valence-electron chi connectivity index (χ1n) is 8.36. The number of rotatable bonds is 4. The van der Waals surface area contributed by atoms with Crippen LogP contribution in [0.25, 0.3) is 0 Å². The molecule has 2 aliphatic rings. The van der Waals surface area contributed by atoms with E-state index in [1.807, 2.05) is 4.90 Å². The van der Waals surface area contributed by atoms with E-state index in [9.17, 15) is 4.79 Å². The third kappa shape index (κ3) is 3.68. The molecule has 0 bridgehead atoms. The predicted molar refractivity (Wildman–Crippen MR) is 86.9 cm³/mol. The van der Waals surface area contributed by atoms with Gasteiger partial charge in [0.25, 0.3) is 0 Å². The number of amides is 1. The zero-order valence-corrected chi connectivity index (χ0v) is 13.5. The van der Waals surface area contributed by atoms with E-state index in [2.05, 4.69) is 36.2 Å². The van der Waals surface area contributed by atoms with Gasteiger partial charge in [-0.15, -0.1) is 0 Å². The lowest BCUT2D eigenvalue weighted by Gasteiger charge is -2.33. The van der Waals surface area contributed by atoms with Gasteiger partial charge >= 0.3 is 0 Å². The second kappa shape index (κ2) is 7.25. The topological polar surface area (TPSA) is 32.8 Å². The van der Waals surface area contributed by atoms with Gasteiger partial charge in [-0.1, -0.05) is 24.3 Å². The van der Waals surface area contributed by atoms with Crippen molar-refractivity contribution >= 4 is 5.91 Å². The molecule has 120 valence electrons. The van der Waals surface area contributed by atoms with Gasteiger partial charge in [0, 0.05) is 32.1 Å². The molecule has 1 atom stereocenters. The van der Waals surface area contributed by atoms with Gasteiger partial charge in [-0.25, -0.2) is 0 Å². The van der Waals surface area contributed by atoms with Gasteiger partial charge < -0.3 is 14.5 Å². The van der Waals surface area contributed by atoms with Gasteiger partial charge in [-0.3, -0.25) is 4.79 Å². The standard InChI is InChI=1S/C18H26N2O2/c1-19(9-8-18(21)20-10-12-22-13-11-20)17-7-6-15-4-2-3-5-16(15)14-17/h2-5,17H,6-14H2,1H3. The van der Waals surface area contributed by atoms with Crippen molar-refractivity contribution in [2.75, 3.05) is 39.9 Å². The number of nitrogens with zero attached hydrogens (tertiary/aromatic N) is 2. The Kier molecular flexibility index (Phi) is 5.11. The zero-order valence-electron chi connectivity index (χ0n) is 13.5. The number of carbonyl (C=O) groups excluding carboxylic acids is 1. The van der Waals surface area contributed by atoms with E-state index in [1.165, 1.54) is 17.5 Å². The highest BCUT2D eigenvalue weighted by Crippen LogP contribution is 2.23.